The highest BCUT2D eigenvalue weighted by molar-refractivity contribution is 14.0. The molecule has 2 rings (SSSR count). The molecule has 0 fully saturated rings. The summed E-state index contributed by atoms with van der Waals surface area (Å²) in [4.78, 5) is 6.29. The number of likely N-dealkylation sites (N-methyl/N-ethyl adjacent to an activating group) is 1. The summed E-state index contributed by atoms with van der Waals surface area (Å²) in [5, 5.41) is 12.3. The molecule has 0 atom stereocenters. The molecule has 1 N–H and O–H groups in total. The molecule has 0 spiro atoms. The van der Waals surface area contributed by atoms with E-state index in [2.05, 4.69) is 16.4 Å². The predicted octanol–water partition coefficient (Wildman–Crippen LogP) is 3.27. The summed E-state index contributed by atoms with van der Waals surface area (Å²) in [5.41, 5.74) is 1.69. The van der Waals surface area contributed by atoms with E-state index in [0.717, 1.165) is 23.0 Å². The molecule has 0 aliphatic rings. The van der Waals surface area contributed by atoms with E-state index in [1.165, 1.54) is 0 Å². The maximum atomic E-state index is 8.97. The zero-order valence-electron chi connectivity index (χ0n) is 15.8. The Hall–Kier alpha value is -2.47. The number of aliphatic imine (C=N–C) groups is 1. The average molecular weight is 480 g/mol. The van der Waals surface area contributed by atoms with Gasteiger partial charge >= 0.3 is 0 Å². The quantitative estimate of drug-likeness (QED) is 0.374. The Morgan fingerprint density at radius 3 is 2.52 bits per heavy atom. The molecule has 2 aromatic rings. The lowest BCUT2D eigenvalue weighted by Crippen LogP contribution is -2.40. The van der Waals surface area contributed by atoms with Crippen molar-refractivity contribution in [1.82, 2.24) is 10.2 Å². The van der Waals surface area contributed by atoms with Crippen molar-refractivity contribution in [3.05, 3.63) is 59.7 Å². The van der Waals surface area contributed by atoms with Gasteiger partial charge in [0, 0.05) is 20.6 Å². The van der Waals surface area contributed by atoms with Crippen LogP contribution in [0.1, 0.15) is 11.1 Å². The Morgan fingerprint density at radius 1 is 1.19 bits per heavy atom. The summed E-state index contributed by atoms with van der Waals surface area (Å²) in [6.07, 6.45) is 0. The van der Waals surface area contributed by atoms with Gasteiger partial charge in [-0.25, -0.2) is 0 Å². The maximum absolute atomic E-state index is 8.97. The van der Waals surface area contributed by atoms with Gasteiger partial charge in [-0.15, -0.1) is 24.0 Å². The Bertz CT molecular complexity index is 772. The lowest BCUT2D eigenvalue weighted by atomic mass is 10.1. The van der Waals surface area contributed by atoms with Crippen molar-refractivity contribution in [2.45, 2.75) is 6.54 Å². The van der Waals surface area contributed by atoms with E-state index < -0.39 is 0 Å². The van der Waals surface area contributed by atoms with Crippen molar-refractivity contribution < 1.29 is 9.47 Å². The SMILES string of the molecule is CN=C(NCc1cccc(C#N)c1)N(C)CCOc1ccc(OC)cc1.I. The zero-order chi connectivity index (χ0) is 18.8. The summed E-state index contributed by atoms with van der Waals surface area (Å²) in [5.74, 6) is 2.38. The molecule has 0 unspecified atom stereocenters. The molecule has 0 aromatic heterocycles. The molecule has 6 nitrogen and oxygen atoms in total. The predicted molar refractivity (Wildman–Crippen MR) is 118 cm³/mol. The van der Waals surface area contributed by atoms with Gasteiger partial charge in [-0.3, -0.25) is 4.99 Å². The highest BCUT2D eigenvalue weighted by Gasteiger charge is 2.06. The van der Waals surface area contributed by atoms with Crippen molar-refractivity contribution in [1.29, 1.82) is 5.26 Å². The molecule has 2 aromatic carbocycles. The summed E-state index contributed by atoms with van der Waals surface area (Å²) < 4.78 is 10.9. The van der Waals surface area contributed by atoms with Gasteiger partial charge in [0.2, 0.25) is 0 Å². The second-order valence-corrected chi connectivity index (χ2v) is 5.66. The van der Waals surface area contributed by atoms with Crippen molar-refractivity contribution in [3.63, 3.8) is 0 Å². The fourth-order valence-corrected chi connectivity index (χ4v) is 2.39. The molecular formula is C20H25IN4O2. The van der Waals surface area contributed by atoms with E-state index in [4.69, 9.17) is 14.7 Å². The number of halogens is 1. The minimum Gasteiger partial charge on any atom is -0.497 e. The fraction of sp³-hybridized carbons (Fsp3) is 0.300. The van der Waals surface area contributed by atoms with Gasteiger partial charge in [-0.05, 0) is 42.0 Å². The van der Waals surface area contributed by atoms with E-state index in [1.807, 2.05) is 54.4 Å². The number of nitriles is 1. The van der Waals surface area contributed by atoms with Crippen molar-refractivity contribution in [3.8, 4) is 17.6 Å². The van der Waals surface area contributed by atoms with Crippen LogP contribution in [0.2, 0.25) is 0 Å². The molecule has 0 aliphatic heterocycles. The number of methoxy groups -OCH3 is 1. The van der Waals surface area contributed by atoms with Gasteiger partial charge in [0.05, 0.1) is 25.3 Å². The Morgan fingerprint density at radius 2 is 1.89 bits per heavy atom. The van der Waals surface area contributed by atoms with Crippen LogP contribution in [0.3, 0.4) is 0 Å². The fourth-order valence-electron chi connectivity index (χ4n) is 2.39. The number of nitrogens with zero attached hydrogens (tertiary/aromatic N) is 3. The number of nitrogens with one attached hydrogen (secondary N) is 1. The third kappa shape index (κ3) is 7.35. The molecule has 7 heteroatoms. The van der Waals surface area contributed by atoms with Crippen LogP contribution < -0.4 is 14.8 Å². The number of rotatable bonds is 7. The van der Waals surface area contributed by atoms with E-state index in [0.29, 0.717) is 25.3 Å². The first kappa shape index (κ1) is 22.6. The summed E-state index contributed by atoms with van der Waals surface area (Å²) in [6, 6.07) is 17.2. The third-order valence-electron chi connectivity index (χ3n) is 3.83. The normalized spacial score (nSPS) is 10.4. The number of hydrogen-bond donors (Lipinski definition) is 1. The highest BCUT2D eigenvalue weighted by Crippen LogP contribution is 2.16. The molecule has 0 bridgehead atoms. The molecule has 0 saturated carbocycles. The molecular weight excluding hydrogens is 455 g/mol. The second kappa shape index (κ2) is 12.0. The van der Waals surface area contributed by atoms with Crippen LogP contribution in [0, 0.1) is 11.3 Å². The van der Waals surface area contributed by atoms with E-state index in [-0.39, 0.29) is 24.0 Å². The van der Waals surface area contributed by atoms with E-state index >= 15 is 0 Å². The summed E-state index contributed by atoms with van der Waals surface area (Å²) >= 11 is 0. The van der Waals surface area contributed by atoms with Crippen LogP contribution >= 0.6 is 24.0 Å². The van der Waals surface area contributed by atoms with Crippen LogP contribution in [0.25, 0.3) is 0 Å². The molecule has 27 heavy (non-hydrogen) atoms. The molecule has 144 valence electrons. The number of guanidine groups is 1. The minimum absolute atomic E-state index is 0. The first-order valence-electron chi connectivity index (χ1n) is 8.34. The topological polar surface area (TPSA) is 69.9 Å². The second-order valence-electron chi connectivity index (χ2n) is 5.66. The summed E-state index contributed by atoms with van der Waals surface area (Å²) in [6.45, 7) is 1.82. The van der Waals surface area contributed by atoms with Crippen LogP contribution in [-0.2, 0) is 6.54 Å². The van der Waals surface area contributed by atoms with Gasteiger partial charge in [0.15, 0.2) is 5.96 Å². The lowest BCUT2D eigenvalue weighted by Gasteiger charge is -2.22. The summed E-state index contributed by atoms with van der Waals surface area (Å²) in [7, 11) is 5.34. The molecule has 0 aliphatic carbocycles. The van der Waals surface area contributed by atoms with E-state index in [1.54, 1.807) is 20.2 Å². The smallest absolute Gasteiger partial charge is 0.193 e. The van der Waals surface area contributed by atoms with Crippen LogP contribution in [0.15, 0.2) is 53.5 Å². The van der Waals surface area contributed by atoms with Gasteiger partial charge in [0.25, 0.3) is 0 Å². The van der Waals surface area contributed by atoms with Gasteiger partial charge in [-0.1, -0.05) is 12.1 Å². The van der Waals surface area contributed by atoms with Crippen molar-refractivity contribution in [2.75, 3.05) is 34.4 Å². The number of hydrogen-bond acceptors (Lipinski definition) is 4. The zero-order valence-corrected chi connectivity index (χ0v) is 18.1. The van der Waals surface area contributed by atoms with Gasteiger partial charge in [-0.2, -0.15) is 5.26 Å². The lowest BCUT2D eigenvalue weighted by molar-refractivity contribution is 0.281. The number of ether oxygens (including phenoxy) is 2. The largest absolute Gasteiger partial charge is 0.497 e. The first-order valence-corrected chi connectivity index (χ1v) is 8.34. The Kier molecular flexibility index (Phi) is 10.0. The maximum Gasteiger partial charge on any atom is 0.193 e. The van der Waals surface area contributed by atoms with Crippen LogP contribution in [0.4, 0.5) is 0 Å². The Labute approximate surface area is 177 Å². The first-order chi connectivity index (χ1) is 12.7. The van der Waals surface area contributed by atoms with Gasteiger partial charge < -0.3 is 19.7 Å². The van der Waals surface area contributed by atoms with Crippen molar-refractivity contribution in [2.24, 2.45) is 4.99 Å². The average Bonchev–Trinajstić information content (AvgIpc) is 2.69. The van der Waals surface area contributed by atoms with E-state index in [9.17, 15) is 0 Å². The molecule has 0 amide bonds. The monoisotopic (exact) mass is 480 g/mol. The molecule has 0 heterocycles. The van der Waals surface area contributed by atoms with Gasteiger partial charge in [0.1, 0.15) is 18.1 Å². The Balaban J connectivity index is 0.00000364. The highest BCUT2D eigenvalue weighted by atomic mass is 127. The van der Waals surface area contributed by atoms with Crippen molar-refractivity contribution >= 4 is 29.9 Å². The standard InChI is InChI=1S/C20H24N4O2.HI/c1-22-20(23-15-17-6-4-5-16(13-17)14-21)24(2)11-12-26-19-9-7-18(25-3)8-10-19;/h4-10,13H,11-12,15H2,1-3H3,(H,22,23);1H. The third-order valence-corrected chi connectivity index (χ3v) is 3.83. The van der Waals surface area contributed by atoms with Crippen LogP contribution in [-0.4, -0.2) is 45.2 Å². The molecule has 0 saturated heterocycles. The minimum atomic E-state index is 0. The van der Waals surface area contributed by atoms with Crippen LogP contribution in [0.5, 0.6) is 11.5 Å². The molecule has 0 radical (unpaired) electrons. The number of benzene rings is 2.